The normalized spacial score (nSPS) is 10.2. The van der Waals surface area contributed by atoms with E-state index in [0.29, 0.717) is 12.1 Å². The number of hydrogen-bond donors (Lipinski definition) is 0. The van der Waals surface area contributed by atoms with E-state index in [9.17, 15) is 4.79 Å². The Kier molecular flexibility index (Phi) is 3.49. The average Bonchev–Trinajstić information content (AvgIpc) is 2.75. The zero-order valence-electron chi connectivity index (χ0n) is 9.75. The van der Waals surface area contributed by atoms with Crippen LogP contribution < -0.4 is 0 Å². The van der Waals surface area contributed by atoms with Crippen LogP contribution in [0.25, 0.3) is 0 Å². The number of nitrogens with zero attached hydrogens (tertiary/aromatic N) is 3. The van der Waals surface area contributed by atoms with Crippen LogP contribution in [0, 0.1) is 6.92 Å². The van der Waals surface area contributed by atoms with Crippen molar-refractivity contribution in [2.75, 3.05) is 7.05 Å². The molecule has 2 rings (SSSR count). The molecule has 1 aromatic heterocycles. The molecule has 4 nitrogen and oxygen atoms in total. The number of hydrogen-bond acceptors (Lipinski definition) is 4. The molecule has 5 heteroatoms. The van der Waals surface area contributed by atoms with Crippen molar-refractivity contribution >= 4 is 17.4 Å². The van der Waals surface area contributed by atoms with Crippen molar-refractivity contribution in [2.24, 2.45) is 0 Å². The Morgan fingerprint density at radius 2 is 2.06 bits per heavy atom. The number of aryl methyl sites for hydroxylation is 1. The van der Waals surface area contributed by atoms with E-state index in [1.54, 1.807) is 11.9 Å². The standard InChI is InChI=1S/C12H13N3OS/c1-9-11(17-14-13-9)8-15(2)12(16)10-6-4-3-5-7-10/h3-7H,8H2,1-2H3. The molecule has 0 aliphatic carbocycles. The Morgan fingerprint density at radius 1 is 1.35 bits per heavy atom. The Balaban J connectivity index is 2.09. The maximum Gasteiger partial charge on any atom is 0.253 e. The summed E-state index contributed by atoms with van der Waals surface area (Å²) in [7, 11) is 1.79. The second-order valence-corrected chi connectivity index (χ2v) is 4.65. The van der Waals surface area contributed by atoms with Crippen molar-refractivity contribution in [1.29, 1.82) is 0 Å². The summed E-state index contributed by atoms with van der Waals surface area (Å²) in [5.41, 5.74) is 1.59. The number of amides is 1. The molecule has 0 bridgehead atoms. The second-order valence-electron chi connectivity index (χ2n) is 3.81. The first-order valence-corrected chi connectivity index (χ1v) is 6.04. The van der Waals surface area contributed by atoms with Crippen LogP contribution in [0.3, 0.4) is 0 Å². The molecule has 0 N–H and O–H groups in total. The van der Waals surface area contributed by atoms with Crippen LogP contribution in [0.2, 0.25) is 0 Å². The first-order chi connectivity index (χ1) is 8.18. The molecule has 0 spiro atoms. The smallest absolute Gasteiger partial charge is 0.253 e. The lowest BCUT2D eigenvalue weighted by atomic mass is 10.2. The molecule has 0 radical (unpaired) electrons. The van der Waals surface area contributed by atoms with E-state index in [1.807, 2.05) is 37.3 Å². The molecule has 1 amide bonds. The fourth-order valence-corrected chi connectivity index (χ4v) is 2.17. The van der Waals surface area contributed by atoms with Crippen LogP contribution in [0.5, 0.6) is 0 Å². The van der Waals surface area contributed by atoms with Crippen LogP contribution in [0.4, 0.5) is 0 Å². The van der Waals surface area contributed by atoms with Gasteiger partial charge in [-0.25, -0.2) is 0 Å². The predicted molar refractivity (Wildman–Crippen MR) is 66.9 cm³/mol. The minimum atomic E-state index is 0.0124. The van der Waals surface area contributed by atoms with Crippen molar-refractivity contribution in [1.82, 2.24) is 14.5 Å². The monoisotopic (exact) mass is 247 g/mol. The third kappa shape index (κ3) is 2.68. The first kappa shape index (κ1) is 11.7. The molecule has 1 aromatic carbocycles. The van der Waals surface area contributed by atoms with Crippen molar-refractivity contribution < 1.29 is 4.79 Å². The number of rotatable bonds is 3. The summed E-state index contributed by atoms with van der Waals surface area (Å²) in [6.07, 6.45) is 0. The molecule has 88 valence electrons. The predicted octanol–water partition coefficient (Wildman–Crippen LogP) is 2.12. The summed E-state index contributed by atoms with van der Waals surface area (Å²) in [6, 6.07) is 9.25. The van der Waals surface area contributed by atoms with E-state index in [4.69, 9.17) is 0 Å². The van der Waals surface area contributed by atoms with E-state index >= 15 is 0 Å². The van der Waals surface area contributed by atoms with Gasteiger partial charge in [0.05, 0.1) is 17.1 Å². The van der Waals surface area contributed by atoms with Gasteiger partial charge in [0.15, 0.2) is 0 Å². The lowest BCUT2D eigenvalue weighted by Crippen LogP contribution is -2.26. The summed E-state index contributed by atoms with van der Waals surface area (Å²) in [5.74, 6) is 0.0124. The van der Waals surface area contributed by atoms with Gasteiger partial charge in [-0.15, -0.1) is 5.10 Å². The van der Waals surface area contributed by atoms with Crippen LogP contribution >= 0.6 is 11.5 Å². The van der Waals surface area contributed by atoms with Gasteiger partial charge in [0, 0.05) is 12.6 Å². The molecule has 0 fully saturated rings. The third-order valence-corrected chi connectivity index (χ3v) is 3.30. The highest BCUT2D eigenvalue weighted by Crippen LogP contribution is 2.13. The Hall–Kier alpha value is -1.75. The van der Waals surface area contributed by atoms with Crippen molar-refractivity contribution in [3.05, 3.63) is 46.5 Å². The van der Waals surface area contributed by atoms with Gasteiger partial charge >= 0.3 is 0 Å². The highest BCUT2D eigenvalue weighted by molar-refractivity contribution is 7.05. The number of benzene rings is 1. The molecule has 0 saturated heterocycles. The van der Waals surface area contributed by atoms with Crippen LogP contribution in [-0.2, 0) is 6.54 Å². The van der Waals surface area contributed by atoms with Gasteiger partial charge in [0.25, 0.3) is 5.91 Å². The number of carbonyl (C=O) groups is 1. The van der Waals surface area contributed by atoms with Crippen molar-refractivity contribution in [3.8, 4) is 0 Å². The Morgan fingerprint density at radius 3 is 2.65 bits per heavy atom. The average molecular weight is 247 g/mol. The quantitative estimate of drug-likeness (QED) is 0.834. The molecule has 0 atom stereocenters. The molecule has 2 aromatic rings. The largest absolute Gasteiger partial charge is 0.336 e. The summed E-state index contributed by atoms with van der Waals surface area (Å²) < 4.78 is 3.86. The van der Waals surface area contributed by atoms with Crippen LogP contribution in [-0.4, -0.2) is 27.4 Å². The van der Waals surface area contributed by atoms with Crippen molar-refractivity contribution in [2.45, 2.75) is 13.5 Å². The van der Waals surface area contributed by atoms with E-state index in [-0.39, 0.29) is 5.91 Å². The van der Waals surface area contributed by atoms with Gasteiger partial charge < -0.3 is 4.90 Å². The summed E-state index contributed by atoms with van der Waals surface area (Å²) in [4.78, 5) is 14.8. The molecule has 0 unspecified atom stereocenters. The van der Waals surface area contributed by atoms with Crippen molar-refractivity contribution in [3.63, 3.8) is 0 Å². The lowest BCUT2D eigenvalue weighted by Gasteiger charge is -2.16. The third-order valence-electron chi connectivity index (χ3n) is 2.49. The van der Waals surface area contributed by atoms with Gasteiger partial charge in [0.1, 0.15) is 0 Å². The van der Waals surface area contributed by atoms with Gasteiger partial charge in [0.2, 0.25) is 0 Å². The molecule has 1 heterocycles. The molecular formula is C12H13N3OS. The first-order valence-electron chi connectivity index (χ1n) is 5.27. The van der Waals surface area contributed by atoms with E-state index in [1.165, 1.54) is 11.5 Å². The minimum Gasteiger partial charge on any atom is -0.336 e. The Bertz CT molecular complexity index is 509. The molecule has 0 saturated carbocycles. The summed E-state index contributed by atoms with van der Waals surface area (Å²) in [6.45, 7) is 2.46. The molecule has 0 aliphatic rings. The van der Waals surface area contributed by atoms with E-state index in [0.717, 1.165) is 10.6 Å². The van der Waals surface area contributed by atoms with Crippen LogP contribution in [0.15, 0.2) is 30.3 Å². The number of aromatic nitrogens is 2. The highest BCUT2D eigenvalue weighted by Gasteiger charge is 2.13. The highest BCUT2D eigenvalue weighted by atomic mass is 32.1. The Labute approximate surface area is 104 Å². The van der Waals surface area contributed by atoms with Gasteiger partial charge in [-0.05, 0) is 30.6 Å². The van der Waals surface area contributed by atoms with Gasteiger partial charge in [-0.2, -0.15) is 0 Å². The van der Waals surface area contributed by atoms with E-state index < -0.39 is 0 Å². The zero-order valence-corrected chi connectivity index (χ0v) is 10.6. The molecular weight excluding hydrogens is 234 g/mol. The molecule has 17 heavy (non-hydrogen) atoms. The molecule has 0 aliphatic heterocycles. The fourth-order valence-electron chi connectivity index (χ4n) is 1.48. The van der Waals surface area contributed by atoms with Crippen LogP contribution in [0.1, 0.15) is 20.9 Å². The second kappa shape index (κ2) is 5.05. The lowest BCUT2D eigenvalue weighted by molar-refractivity contribution is 0.0786. The fraction of sp³-hybridized carbons (Fsp3) is 0.250. The minimum absolute atomic E-state index is 0.0124. The maximum absolute atomic E-state index is 12.1. The maximum atomic E-state index is 12.1. The van der Waals surface area contributed by atoms with E-state index in [2.05, 4.69) is 9.59 Å². The van der Waals surface area contributed by atoms with Gasteiger partial charge in [-0.3, -0.25) is 4.79 Å². The summed E-state index contributed by atoms with van der Waals surface area (Å²) in [5, 5.41) is 3.93. The zero-order chi connectivity index (χ0) is 12.3. The topological polar surface area (TPSA) is 46.1 Å². The SMILES string of the molecule is Cc1nnsc1CN(C)C(=O)c1ccccc1. The number of carbonyl (C=O) groups excluding carboxylic acids is 1. The van der Waals surface area contributed by atoms with Gasteiger partial charge in [-0.1, -0.05) is 22.7 Å². The summed E-state index contributed by atoms with van der Waals surface area (Å²) >= 11 is 1.34.